The lowest BCUT2D eigenvalue weighted by Gasteiger charge is -2.29. The van der Waals surface area contributed by atoms with Crippen LogP contribution in [0.25, 0.3) is 0 Å². The van der Waals surface area contributed by atoms with E-state index in [1.807, 2.05) is 0 Å². The average Bonchev–Trinajstić information content (AvgIpc) is 2.49. The van der Waals surface area contributed by atoms with Gasteiger partial charge in [-0.15, -0.1) is 0 Å². The third-order valence-corrected chi connectivity index (χ3v) is 5.02. The number of hydrogen-bond acceptors (Lipinski definition) is 5. The zero-order valence-corrected chi connectivity index (χ0v) is 13.5. The van der Waals surface area contributed by atoms with Gasteiger partial charge in [0.15, 0.2) is 5.76 Å². The summed E-state index contributed by atoms with van der Waals surface area (Å²) in [5.74, 6) is -2.65. The highest BCUT2D eigenvalue weighted by Gasteiger charge is 2.33. The van der Waals surface area contributed by atoms with Crippen LogP contribution < -0.4 is 0 Å². The minimum Gasteiger partial charge on any atom is -0.460 e. The number of ether oxygens (including phenoxy) is 1. The van der Waals surface area contributed by atoms with Gasteiger partial charge in [-0.1, -0.05) is 18.2 Å². The van der Waals surface area contributed by atoms with Crippen LogP contribution in [0.15, 0.2) is 58.0 Å². The van der Waals surface area contributed by atoms with Gasteiger partial charge >= 0.3 is 0 Å². The molecule has 2 atom stereocenters. The lowest BCUT2D eigenvalue weighted by Crippen LogP contribution is -2.23. The van der Waals surface area contributed by atoms with Gasteiger partial charge in [0.1, 0.15) is 18.8 Å². The molecule has 0 aliphatic heterocycles. The Kier molecular flexibility index (Phi) is 5.08. The highest BCUT2D eigenvalue weighted by atomic mass is 32.2. The monoisotopic (exact) mass is 382 g/mol. The second-order valence-corrected chi connectivity index (χ2v) is 7.75. The van der Waals surface area contributed by atoms with Crippen LogP contribution in [0.1, 0.15) is 0 Å². The molecule has 2 N–H and O–H groups in total. The number of rotatable bonds is 5. The SMILES string of the molecule is O=S(=O)(O)C1=CC2C=C(S(=O)(=O)O)C=C(O/C(=C\F)CF)C2C=C1. The van der Waals surface area contributed by atoms with Crippen molar-refractivity contribution in [3.05, 3.63) is 58.0 Å². The second kappa shape index (κ2) is 6.59. The molecule has 0 aromatic heterocycles. The highest BCUT2D eigenvalue weighted by Crippen LogP contribution is 2.38. The molecule has 2 rings (SSSR count). The fourth-order valence-electron chi connectivity index (χ4n) is 2.25. The van der Waals surface area contributed by atoms with E-state index in [4.69, 9.17) is 13.8 Å². The van der Waals surface area contributed by atoms with E-state index in [1.165, 1.54) is 6.08 Å². The Morgan fingerprint density at radius 3 is 2.25 bits per heavy atom. The number of hydrogen-bond donors (Lipinski definition) is 2. The largest absolute Gasteiger partial charge is 0.460 e. The summed E-state index contributed by atoms with van der Waals surface area (Å²) in [6.07, 6.45) is 5.13. The summed E-state index contributed by atoms with van der Waals surface area (Å²) in [5.41, 5.74) is 0. The molecule has 0 aromatic rings. The summed E-state index contributed by atoms with van der Waals surface area (Å²) < 4.78 is 93.3. The molecular weight excluding hydrogens is 370 g/mol. The average molecular weight is 382 g/mol. The molecule has 0 heterocycles. The minimum atomic E-state index is -4.68. The molecule has 0 spiro atoms. The van der Waals surface area contributed by atoms with E-state index in [0.717, 1.165) is 24.3 Å². The molecule has 0 aromatic carbocycles. The molecule has 0 amide bonds. The van der Waals surface area contributed by atoms with Gasteiger partial charge < -0.3 is 4.74 Å². The third-order valence-electron chi connectivity index (χ3n) is 3.31. The zero-order valence-electron chi connectivity index (χ0n) is 11.8. The van der Waals surface area contributed by atoms with Crippen molar-refractivity contribution in [2.24, 2.45) is 11.8 Å². The van der Waals surface area contributed by atoms with Crippen molar-refractivity contribution in [3.8, 4) is 0 Å². The molecule has 132 valence electrons. The topological polar surface area (TPSA) is 118 Å². The molecule has 0 fully saturated rings. The Bertz CT molecular complexity index is 893. The number of allylic oxidation sites excluding steroid dienone is 6. The Hall–Kier alpha value is -1.82. The molecule has 7 nitrogen and oxygen atoms in total. The molecule has 2 aliphatic carbocycles. The predicted molar refractivity (Wildman–Crippen MR) is 79.7 cm³/mol. The van der Waals surface area contributed by atoms with Crippen molar-refractivity contribution in [1.82, 2.24) is 0 Å². The first-order valence-corrected chi connectivity index (χ1v) is 9.25. The Morgan fingerprint density at radius 1 is 1.17 bits per heavy atom. The van der Waals surface area contributed by atoms with Crippen molar-refractivity contribution >= 4 is 20.2 Å². The molecule has 0 bridgehead atoms. The van der Waals surface area contributed by atoms with Crippen LogP contribution in [0.2, 0.25) is 0 Å². The highest BCUT2D eigenvalue weighted by molar-refractivity contribution is 7.90. The molecular formula is C13H12F2O7S2. The molecule has 0 radical (unpaired) electrons. The smallest absolute Gasteiger partial charge is 0.294 e. The van der Waals surface area contributed by atoms with Crippen LogP contribution in [0, 0.1) is 11.8 Å². The fourth-order valence-corrected chi connectivity index (χ4v) is 3.42. The summed E-state index contributed by atoms with van der Waals surface area (Å²) in [4.78, 5) is -1.11. The Balaban J connectivity index is 2.51. The first kappa shape index (κ1) is 18.5. The van der Waals surface area contributed by atoms with Crippen LogP contribution >= 0.6 is 0 Å². The van der Waals surface area contributed by atoms with Crippen molar-refractivity contribution in [3.63, 3.8) is 0 Å². The quantitative estimate of drug-likeness (QED) is 0.552. The van der Waals surface area contributed by atoms with Gasteiger partial charge in [0.2, 0.25) is 0 Å². The van der Waals surface area contributed by atoms with Crippen LogP contribution in [0.3, 0.4) is 0 Å². The van der Waals surface area contributed by atoms with Gasteiger partial charge in [0.25, 0.3) is 20.2 Å². The lowest BCUT2D eigenvalue weighted by molar-refractivity contribution is 0.224. The fraction of sp³-hybridized carbons (Fsp3) is 0.231. The van der Waals surface area contributed by atoms with Gasteiger partial charge in [0, 0.05) is 11.8 Å². The molecule has 2 aliphatic rings. The van der Waals surface area contributed by atoms with E-state index in [2.05, 4.69) is 0 Å². The van der Waals surface area contributed by atoms with Gasteiger partial charge in [-0.2, -0.15) is 16.8 Å². The first-order chi connectivity index (χ1) is 11.1. The van der Waals surface area contributed by atoms with Crippen molar-refractivity contribution in [1.29, 1.82) is 0 Å². The van der Waals surface area contributed by atoms with E-state index in [0.29, 0.717) is 0 Å². The molecule has 11 heteroatoms. The standard InChI is InChI=1S/C13H12F2O7S2/c14-6-9(7-15)22-13-5-11(24(19,20)21)4-8-3-10(23(16,17)18)1-2-12(8)13/h1-6,8,12H,7H2,(H,16,17,18)(H,19,20,21)/b9-6-. The van der Waals surface area contributed by atoms with Crippen LogP contribution in [-0.2, 0) is 25.0 Å². The molecule has 0 saturated heterocycles. The maximum atomic E-state index is 12.6. The van der Waals surface area contributed by atoms with E-state index in [-0.39, 0.29) is 12.1 Å². The Morgan fingerprint density at radius 2 is 1.75 bits per heavy atom. The number of alkyl halides is 1. The van der Waals surface area contributed by atoms with E-state index >= 15 is 0 Å². The summed E-state index contributed by atoms with van der Waals surface area (Å²) in [5, 5.41) is 0. The summed E-state index contributed by atoms with van der Waals surface area (Å²) in [7, 11) is -9.22. The Labute approximate surface area is 136 Å². The molecule has 0 saturated carbocycles. The van der Waals surface area contributed by atoms with Crippen LogP contribution in [0.4, 0.5) is 8.78 Å². The van der Waals surface area contributed by atoms with Crippen LogP contribution in [-0.4, -0.2) is 32.6 Å². The predicted octanol–water partition coefficient (Wildman–Crippen LogP) is 2.03. The maximum Gasteiger partial charge on any atom is 0.294 e. The molecule has 24 heavy (non-hydrogen) atoms. The summed E-state index contributed by atoms with van der Waals surface area (Å²) in [6, 6.07) is 0. The summed E-state index contributed by atoms with van der Waals surface area (Å²) in [6.45, 7) is -1.30. The third kappa shape index (κ3) is 3.98. The second-order valence-electron chi connectivity index (χ2n) is 4.91. The number of fused-ring (bicyclic) bond motifs is 1. The van der Waals surface area contributed by atoms with Crippen molar-refractivity contribution in [2.75, 3.05) is 6.67 Å². The van der Waals surface area contributed by atoms with Crippen LogP contribution in [0.5, 0.6) is 0 Å². The lowest BCUT2D eigenvalue weighted by atomic mass is 9.83. The van der Waals surface area contributed by atoms with Crippen molar-refractivity contribution in [2.45, 2.75) is 0 Å². The van der Waals surface area contributed by atoms with Gasteiger partial charge in [-0.3, -0.25) is 9.11 Å². The zero-order chi connectivity index (χ0) is 18.1. The number of halogens is 2. The molecule has 2 unspecified atom stereocenters. The maximum absolute atomic E-state index is 12.6. The summed E-state index contributed by atoms with van der Waals surface area (Å²) >= 11 is 0. The van der Waals surface area contributed by atoms with Crippen molar-refractivity contribution < 1.29 is 39.5 Å². The normalized spacial score (nSPS) is 24.7. The van der Waals surface area contributed by atoms with Gasteiger partial charge in [0.05, 0.1) is 9.81 Å². The van der Waals surface area contributed by atoms with E-state index in [9.17, 15) is 25.6 Å². The first-order valence-electron chi connectivity index (χ1n) is 6.37. The van der Waals surface area contributed by atoms with E-state index in [1.54, 1.807) is 0 Å². The van der Waals surface area contributed by atoms with E-state index < -0.39 is 54.3 Å². The minimum absolute atomic E-state index is 0.146. The van der Waals surface area contributed by atoms with Gasteiger partial charge in [-0.05, 0) is 12.2 Å². The van der Waals surface area contributed by atoms with Gasteiger partial charge in [-0.25, -0.2) is 8.78 Å².